The number of amides is 3. The molecule has 0 spiro atoms. The highest BCUT2D eigenvalue weighted by atomic mass is 16.5. The van der Waals surface area contributed by atoms with E-state index < -0.39 is 12.1 Å². The number of aryl methyl sites for hydroxylation is 1. The van der Waals surface area contributed by atoms with Crippen molar-refractivity contribution in [1.82, 2.24) is 20.9 Å². The molecule has 2 aliphatic rings. The zero-order valence-corrected chi connectivity index (χ0v) is 22.7. The highest BCUT2D eigenvalue weighted by Crippen LogP contribution is 2.33. The second kappa shape index (κ2) is 12.6. The first-order chi connectivity index (χ1) is 17.1. The minimum Gasteiger partial charge on any atom is -0.489 e. The molecule has 200 valence electrons. The van der Waals surface area contributed by atoms with Gasteiger partial charge in [0.1, 0.15) is 23.9 Å². The second-order valence-electron chi connectivity index (χ2n) is 11.0. The maximum atomic E-state index is 13.4. The van der Waals surface area contributed by atoms with Crippen LogP contribution in [0.4, 0.5) is 0 Å². The molecule has 8 nitrogen and oxygen atoms in total. The van der Waals surface area contributed by atoms with Gasteiger partial charge in [0.25, 0.3) is 0 Å². The Hall–Kier alpha value is -2.61. The molecule has 1 aromatic rings. The Labute approximate surface area is 215 Å². The van der Waals surface area contributed by atoms with Crippen LogP contribution in [0.5, 0.6) is 5.75 Å². The molecule has 5 atom stereocenters. The van der Waals surface area contributed by atoms with Crippen molar-refractivity contribution in [3.8, 4) is 5.75 Å². The molecule has 8 heteroatoms. The van der Waals surface area contributed by atoms with Crippen molar-refractivity contribution in [1.29, 1.82) is 0 Å². The van der Waals surface area contributed by atoms with Gasteiger partial charge in [-0.3, -0.25) is 14.4 Å². The number of hydrogen-bond acceptors (Lipinski definition) is 5. The predicted octanol–water partition coefficient (Wildman–Crippen LogP) is 2.65. The summed E-state index contributed by atoms with van der Waals surface area (Å²) < 4.78 is 6.27. The van der Waals surface area contributed by atoms with E-state index in [9.17, 15) is 14.4 Å². The largest absolute Gasteiger partial charge is 0.489 e. The maximum Gasteiger partial charge on any atom is 0.243 e. The molecule has 0 radical (unpaired) electrons. The Morgan fingerprint density at radius 2 is 1.69 bits per heavy atom. The Kier molecular flexibility index (Phi) is 9.77. The third-order valence-corrected chi connectivity index (χ3v) is 7.17. The first-order valence-electron chi connectivity index (χ1n) is 13.4. The lowest BCUT2D eigenvalue weighted by molar-refractivity contribution is -0.141. The molecule has 36 heavy (non-hydrogen) atoms. The fourth-order valence-electron chi connectivity index (χ4n) is 4.63. The fraction of sp³-hybridized carbons (Fsp3) is 0.679. The summed E-state index contributed by atoms with van der Waals surface area (Å²) in [5, 5.41) is 9.42. The molecule has 3 amide bonds. The number of para-hydroxylation sites is 1. The van der Waals surface area contributed by atoms with Crippen LogP contribution in [0.25, 0.3) is 0 Å². The SMILES string of the molecule is CC(C)CC1NC(=O)[C@@H](C)N(C)C(=O)C(C2CC2)NCC(C)Oc2ccccc2CC[C@H](C)NC1=O. The Balaban J connectivity index is 1.86. The Bertz CT molecular complexity index is 917. The van der Waals surface area contributed by atoms with E-state index in [0.717, 1.165) is 37.0 Å². The average molecular weight is 501 g/mol. The lowest BCUT2D eigenvalue weighted by atomic mass is 10.0. The van der Waals surface area contributed by atoms with Gasteiger partial charge >= 0.3 is 0 Å². The van der Waals surface area contributed by atoms with Gasteiger partial charge in [0, 0.05) is 19.6 Å². The Morgan fingerprint density at radius 3 is 2.36 bits per heavy atom. The zero-order chi connectivity index (χ0) is 26.4. The van der Waals surface area contributed by atoms with Crippen molar-refractivity contribution >= 4 is 17.7 Å². The third-order valence-electron chi connectivity index (χ3n) is 7.17. The molecule has 0 saturated heterocycles. The number of ether oxygens (including phenoxy) is 1. The molecule has 1 heterocycles. The number of likely N-dealkylation sites (N-methyl/N-ethyl adjacent to an activating group) is 1. The van der Waals surface area contributed by atoms with Crippen molar-refractivity contribution in [2.24, 2.45) is 11.8 Å². The minimum atomic E-state index is -0.695. The van der Waals surface area contributed by atoms with E-state index in [4.69, 9.17) is 4.74 Å². The van der Waals surface area contributed by atoms with Crippen molar-refractivity contribution < 1.29 is 19.1 Å². The standard InChI is InChI=1S/C28H44N4O4/c1-17(2)15-23-27(34)30-18(3)11-12-21-9-7-8-10-24(21)36-19(4)16-29-25(22-13-14-22)28(35)32(6)20(5)26(33)31-23/h7-10,17-20,22-23,25,29H,11-16H2,1-6H3,(H,30,34)(H,31,33)/t18-,19?,20+,23?,25?/m0/s1. The minimum absolute atomic E-state index is 0.0731. The lowest BCUT2D eigenvalue weighted by Crippen LogP contribution is -2.57. The molecule has 0 aromatic heterocycles. The van der Waals surface area contributed by atoms with Crippen LogP contribution in [0.3, 0.4) is 0 Å². The number of nitrogens with one attached hydrogen (secondary N) is 3. The number of benzene rings is 1. The topological polar surface area (TPSA) is 99.8 Å². The second-order valence-corrected chi connectivity index (χ2v) is 11.0. The lowest BCUT2D eigenvalue weighted by Gasteiger charge is -2.31. The van der Waals surface area contributed by atoms with Crippen LogP contribution in [0, 0.1) is 11.8 Å². The molecular weight excluding hydrogens is 456 g/mol. The fourth-order valence-corrected chi connectivity index (χ4v) is 4.63. The molecular formula is C28H44N4O4. The van der Waals surface area contributed by atoms with Crippen molar-refractivity contribution in [3.63, 3.8) is 0 Å². The third kappa shape index (κ3) is 7.69. The number of hydrogen-bond donors (Lipinski definition) is 3. The van der Waals surface area contributed by atoms with Crippen LogP contribution in [0.1, 0.15) is 65.9 Å². The first-order valence-corrected chi connectivity index (χ1v) is 13.4. The van der Waals surface area contributed by atoms with Gasteiger partial charge in [0.05, 0.1) is 6.04 Å². The summed E-state index contributed by atoms with van der Waals surface area (Å²) in [6.07, 6.45) is 3.87. The van der Waals surface area contributed by atoms with E-state index in [0.29, 0.717) is 13.0 Å². The molecule has 1 aliphatic carbocycles. The normalized spacial score (nSPS) is 29.5. The van der Waals surface area contributed by atoms with E-state index >= 15 is 0 Å². The number of carbonyl (C=O) groups excluding carboxylic acids is 3. The predicted molar refractivity (Wildman–Crippen MR) is 141 cm³/mol. The summed E-state index contributed by atoms with van der Waals surface area (Å²) in [4.78, 5) is 41.2. The highest BCUT2D eigenvalue weighted by molar-refractivity contribution is 5.93. The molecule has 1 aliphatic heterocycles. The van der Waals surface area contributed by atoms with Gasteiger partial charge in [-0.15, -0.1) is 0 Å². The molecule has 3 N–H and O–H groups in total. The average Bonchev–Trinajstić information content (AvgIpc) is 3.66. The quantitative estimate of drug-likeness (QED) is 0.593. The summed E-state index contributed by atoms with van der Waals surface area (Å²) >= 11 is 0. The van der Waals surface area contributed by atoms with Gasteiger partial charge in [-0.1, -0.05) is 32.0 Å². The van der Waals surface area contributed by atoms with Gasteiger partial charge in [0.2, 0.25) is 17.7 Å². The molecule has 3 rings (SSSR count). The van der Waals surface area contributed by atoms with Crippen LogP contribution < -0.4 is 20.7 Å². The van der Waals surface area contributed by atoms with Crippen LogP contribution >= 0.6 is 0 Å². The van der Waals surface area contributed by atoms with E-state index in [-0.39, 0.29) is 47.7 Å². The number of nitrogens with zero attached hydrogens (tertiary/aromatic N) is 1. The van der Waals surface area contributed by atoms with Crippen LogP contribution in [0.15, 0.2) is 24.3 Å². The van der Waals surface area contributed by atoms with Gasteiger partial charge in [0.15, 0.2) is 0 Å². The van der Waals surface area contributed by atoms with Gasteiger partial charge in [-0.25, -0.2) is 0 Å². The smallest absolute Gasteiger partial charge is 0.243 e. The monoisotopic (exact) mass is 500 g/mol. The van der Waals surface area contributed by atoms with Crippen LogP contribution in [0.2, 0.25) is 0 Å². The maximum absolute atomic E-state index is 13.4. The van der Waals surface area contributed by atoms with Gasteiger partial charge in [-0.2, -0.15) is 0 Å². The van der Waals surface area contributed by atoms with Gasteiger partial charge < -0.3 is 25.6 Å². The van der Waals surface area contributed by atoms with Crippen molar-refractivity contribution in [2.75, 3.05) is 13.6 Å². The van der Waals surface area contributed by atoms with Crippen LogP contribution in [-0.4, -0.2) is 66.5 Å². The summed E-state index contributed by atoms with van der Waals surface area (Å²) in [7, 11) is 1.66. The molecule has 1 fully saturated rings. The number of carbonyl (C=O) groups is 3. The summed E-state index contributed by atoms with van der Waals surface area (Å²) in [6.45, 7) is 10.3. The van der Waals surface area contributed by atoms with E-state index in [2.05, 4.69) is 22.0 Å². The van der Waals surface area contributed by atoms with E-state index in [1.807, 2.05) is 45.9 Å². The number of fused-ring (bicyclic) bond motifs is 1. The first kappa shape index (κ1) is 28.0. The number of rotatable bonds is 3. The Morgan fingerprint density at radius 1 is 1.00 bits per heavy atom. The summed E-state index contributed by atoms with van der Waals surface area (Å²) in [5.41, 5.74) is 1.09. The van der Waals surface area contributed by atoms with E-state index in [1.54, 1.807) is 14.0 Å². The van der Waals surface area contributed by atoms with Gasteiger partial charge in [-0.05, 0) is 76.3 Å². The van der Waals surface area contributed by atoms with E-state index in [1.165, 1.54) is 4.90 Å². The summed E-state index contributed by atoms with van der Waals surface area (Å²) in [5.74, 6) is 0.700. The zero-order valence-electron chi connectivity index (χ0n) is 22.7. The molecule has 1 saturated carbocycles. The highest BCUT2D eigenvalue weighted by Gasteiger charge is 2.39. The van der Waals surface area contributed by atoms with Crippen LogP contribution in [-0.2, 0) is 20.8 Å². The summed E-state index contributed by atoms with van der Waals surface area (Å²) in [6, 6.07) is 6.20. The molecule has 1 aromatic carbocycles. The molecule has 0 bridgehead atoms. The van der Waals surface area contributed by atoms with Crippen molar-refractivity contribution in [3.05, 3.63) is 29.8 Å². The van der Waals surface area contributed by atoms with Crippen molar-refractivity contribution in [2.45, 2.75) is 97.0 Å². The molecule has 3 unspecified atom stereocenters.